The summed E-state index contributed by atoms with van der Waals surface area (Å²) in [5.74, 6) is 1.92. The lowest BCUT2D eigenvalue weighted by Crippen LogP contribution is -2.40. The van der Waals surface area contributed by atoms with Crippen molar-refractivity contribution in [3.8, 4) is 5.75 Å². The lowest BCUT2D eigenvalue weighted by molar-refractivity contribution is 0.0211. The Bertz CT molecular complexity index is 937. The van der Waals surface area contributed by atoms with Crippen LogP contribution in [0.2, 0.25) is 0 Å². The monoisotopic (exact) mass is 392 g/mol. The summed E-state index contributed by atoms with van der Waals surface area (Å²) in [6.07, 6.45) is 5.49. The van der Waals surface area contributed by atoms with Crippen LogP contribution in [0.15, 0.2) is 30.3 Å². The lowest BCUT2D eigenvalue weighted by Gasteiger charge is -2.28. The molecule has 152 valence electrons. The zero-order valence-electron chi connectivity index (χ0n) is 16.9. The van der Waals surface area contributed by atoms with Crippen molar-refractivity contribution in [1.82, 2.24) is 10.3 Å². The maximum Gasteiger partial charge on any atom is 0.132 e. The zero-order chi connectivity index (χ0) is 19.6. The first-order chi connectivity index (χ1) is 14.2. The molecule has 1 aromatic carbocycles. The molecule has 4 heterocycles. The van der Waals surface area contributed by atoms with Crippen molar-refractivity contribution >= 4 is 22.8 Å². The number of aryl methyl sites for hydroxylation is 1. The van der Waals surface area contributed by atoms with Crippen molar-refractivity contribution < 1.29 is 9.47 Å². The molecule has 3 aliphatic heterocycles. The number of anilines is 3. The summed E-state index contributed by atoms with van der Waals surface area (Å²) < 4.78 is 11.3. The Morgan fingerprint density at radius 3 is 2.90 bits per heavy atom. The number of aromatic nitrogens is 1. The first-order valence-corrected chi connectivity index (χ1v) is 10.5. The van der Waals surface area contributed by atoms with Gasteiger partial charge in [-0.05, 0) is 50.1 Å². The molecule has 2 aromatic rings. The normalized spacial score (nSPS) is 18.9. The maximum atomic E-state index is 6.00. The molecule has 5 rings (SSSR count). The second kappa shape index (κ2) is 8.05. The number of hydrogen-bond acceptors (Lipinski definition) is 6. The van der Waals surface area contributed by atoms with Crippen LogP contribution in [0.5, 0.6) is 5.75 Å². The molecule has 0 bridgehead atoms. The zero-order valence-corrected chi connectivity index (χ0v) is 16.9. The third-order valence-electron chi connectivity index (χ3n) is 5.66. The standard InChI is InChI=1S/C23H28N4O2/c1-15-9-18(26-20-13-28-14-20)12-22(25-15)27-19-10-17-5-8-29-23(17)21(11-19)16-3-2-6-24-7-4-16/h4,9-12,20,24H,2-3,5-8,13-14H2,1H3,(H2,25,26,27). The Balaban J connectivity index is 1.44. The van der Waals surface area contributed by atoms with Crippen LogP contribution in [0.25, 0.3) is 5.57 Å². The minimum Gasteiger partial charge on any atom is -0.492 e. The van der Waals surface area contributed by atoms with Crippen LogP contribution in [0.1, 0.15) is 29.7 Å². The Labute approximate surface area is 171 Å². The summed E-state index contributed by atoms with van der Waals surface area (Å²) in [6.45, 7) is 6.30. The molecule has 0 radical (unpaired) electrons. The molecule has 0 amide bonds. The van der Waals surface area contributed by atoms with Crippen LogP contribution in [-0.2, 0) is 11.2 Å². The molecule has 0 atom stereocenters. The highest BCUT2D eigenvalue weighted by molar-refractivity contribution is 5.77. The summed E-state index contributed by atoms with van der Waals surface area (Å²) in [5, 5.41) is 10.5. The Hall–Kier alpha value is -2.57. The number of fused-ring (bicyclic) bond motifs is 1. The van der Waals surface area contributed by atoms with E-state index in [1.54, 1.807) is 0 Å². The number of nitrogens with one attached hydrogen (secondary N) is 3. The lowest BCUT2D eigenvalue weighted by atomic mass is 9.97. The van der Waals surface area contributed by atoms with E-state index in [2.05, 4.69) is 46.3 Å². The molecule has 0 spiro atoms. The minimum atomic E-state index is 0.393. The molecule has 1 fully saturated rings. The number of pyridine rings is 1. The number of allylic oxidation sites excluding steroid dienone is 1. The quantitative estimate of drug-likeness (QED) is 0.722. The molecule has 3 N–H and O–H groups in total. The van der Waals surface area contributed by atoms with E-state index in [1.165, 1.54) is 16.7 Å². The molecule has 29 heavy (non-hydrogen) atoms. The molecule has 6 heteroatoms. The van der Waals surface area contributed by atoms with Gasteiger partial charge in [0.1, 0.15) is 11.6 Å². The molecular weight excluding hydrogens is 364 g/mol. The van der Waals surface area contributed by atoms with E-state index >= 15 is 0 Å². The summed E-state index contributed by atoms with van der Waals surface area (Å²) in [4.78, 5) is 4.69. The van der Waals surface area contributed by atoms with Gasteiger partial charge in [-0.1, -0.05) is 6.08 Å². The van der Waals surface area contributed by atoms with Gasteiger partial charge in [0.15, 0.2) is 0 Å². The van der Waals surface area contributed by atoms with Crippen LogP contribution >= 0.6 is 0 Å². The molecule has 6 nitrogen and oxygen atoms in total. The van der Waals surface area contributed by atoms with E-state index < -0.39 is 0 Å². The van der Waals surface area contributed by atoms with Crippen LogP contribution in [-0.4, -0.2) is 43.9 Å². The maximum absolute atomic E-state index is 6.00. The second-order valence-corrected chi connectivity index (χ2v) is 8.03. The number of nitrogens with zero attached hydrogens (tertiary/aromatic N) is 1. The van der Waals surface area contributed by atoms with Crippen LogP contribution < -0.4 is 20.7 Å². The number of benzene rings is 1. The molecule has 1 aromatic heterocycles. The summed E-state index contributed by atoms with van der Waals surface area (Å²) in [6, 6.07) is 8.97. The predicted molar refractivity (Wildman–Crippen MR) is 116 cm³/mol. The van der Waals surface area contributed by atoms with E-state index in [9.17, 15) is 0 Å². The molecule has 3 aliphatic rings. The van der Waals surface area contributed by atoms with Gasteiger partial charge in [0.05, 0.1) is 25.9 Å². The third kappa shape index (κ3) is 4.09. The first kappa shape index (κ1) is 18.5. The Kier molecular flexibility index (Phi) is 5.12. The van der Waals surface area contributed by atoms with E-state index in [0.717, 1.165) is 80.8 Å². The van der Waals surface area contributed by atoms with Gasteiger partial charge in [-0.15, -0.1) is 0 Å². The van der Waals surface area contributed by atoms with Crippen LogP contribution in [0.3, 0.4) is 0 Å². The van der Waals surface area contributed by atoms with E-state index in [0.29, 0.717) is 6.04 Å². The molecule has 0 saturated carbocycles. The van der Waals surface area contributed by atoms with E-state index in [-0.39, 0.29) is 0 Å². The first-order valence-electron chi connectivity index (χ1n) is 10.5. The van der Waals surface area contributed by atoms with Crippen molar-refractivity contribution in [2.24, 2.45) is 0 Å². The van der Waals surface area contributed by atoms with Crippen LogP contribution in [0, 0.1) is 6.92 Å². The van der Waals surface area contributed by atoms with Gasteiger partial charge in [-0.25, -0.2) is 4.98 Å². The van der Waals surface area contributed by atoms with Gasteiger partial charge in [0.2, 0.25) is 0 Å². The average molecular weight is 393 g/mol. The van der Waals surface area contributed by atoms with Gasteiger partial charge in [0.25, 0.3) is 0 Å². The fraction of sp³-hybridized carbons (Fsp3) is 0.435. The molecular formula is C23H28N4O2. The van der Waals surface area contributed by atoms with Gasteiger partial charge in [-0.3, -0.25) is 0 Å². The predicted octanol–water partition coefficient (Wildman–Crippen LogP) is 3.65. The highest BCUT2D eigenvalue weighted by atomic mass is 16.5. The topological polar surface area (TPSA) is 67.4 Å². The number of hydrogen-bond donors (Lipinski definition) is 3. The van der Waals surface area contributed by atoms with Gasteiger partial charge in [0, 0.05) is 47.2 Å². The van der Waals surface area contributed by atoms with Crippen molar-refractivity contribution in [3.05, 3.63) is 47.2 Å². The van der Waals surface area contributed by atoms with Crippen molar-refractivity contribution in [2.75, 3.05) is 43.5 Å². The van der Waals surface area contributed by atoms with Crippen molar-refractivity contribution in [1.29, 1.82) is 0 Å². The number of ether oxygens (including phenoxy) is 2. The third-order valence-corrected chi connectivity index (χ3v) is 5.66. The fourth-order valence-corrected chi connectivity index (χ4v) is 4.19. The average Bonchev–Trinajstić information content (AvgIpc) is 2.97. The Morgan fingerprint density at radius 1 is 1.10 bits per heavy atom. The van der Waals surface area contributed by atoms with Gasteiger partial charge < -0.3 is 25.4 Å². The molecule has 1 saturated heterocycles. The summed E-state index contributed by atoms with van der Waals surface area (Å²) in [5.41, 5.74) is 7.01. The van der Waals surface area contributed by atoms with Crippen LogP contribution in [0.4, 0.5) is 17.2 Å². The smallest absolute Gasteiger partial charge is 0.132 e. The Morgan fingerprint density at radius 2 is 2.03 bits per heavy atom. The largest absolute Gasteiger partial charge is 0.492 e. The summed E-state index contributed by atoms with van der Waals surface area (Å²) in [7, 11) is 0. The second-order valence-electron chi connectivity index (χ2n) is 8.03. The highest BCUT2D eigenvalue weighted by Crippen LogP contribution is 2.39. The van der Waals surface area contributed by atoms with E-state index in [4.69, 9.17) is 14.5 Å². The molecule has 0 aliphatic carbocycles. The van der Waals surface area contributed by atoms with E-state index in [1.807, 2.05) is 6.92 Å². The number of rotatable bonds is 5. The fourth-order valence-electron chi connectivity index (χ4n) is 4.19. The van der Waals surface area contributed by atoms with Crippen molar-refractivity contribution in [2.45, 2.75) is 32.2 Å². The molecule has 0 unspecified atom stereocenters. The SMILES string of the molecule is Cc1cc(NC2COC2)cc(Nc2cc3c(c(C4=CCNCCC4)c2)OCC3)n1. The summed E-state index contributed by atoms with van der Waals surface area (Å²) >= 11 is 0. The highest BCUT2D eigenvalue weighted by Gasteiger charge is 2.21. The minimum absolute atomic E-state index is 0.393. The van der Waals surface area contributed by atoms with Gasteiger partial charge in [-0.2, -0.15) is 0 Å². The van der Waals surface area contributed by atoms with Gasteiger partial charge >= 0.3 is 0 Å². The van der Waals surface area contributed by atoms with Crippen molar-refractivity contribution in [3.63, 3.8) is 0 Å².